The predicted molar refractivity (Wildman–Crippen MR) is 97.6 cm³/mol. The van der Waals surface area contributed by atoms with Crippen molar-refractivity contribution in [3.05, 3.63) is 0 Å². The van der Waals surface area contributed by atoms with Gasteiger partial charge in [0.15, 0.2) is 0 Å². The van der Waals surface area contributed by atoms with Crippen LogP contribution in [0.4, 0.5) is 0 Å². The van der Waals surface area contributed by atoms with Gasteiger partial charge in [0.25, 0.3) is 0 Å². The van der Waals surface area contributed by atoms with Crippen molar-refractivity contribution < 1.29 is 4.74 Å². The highest BCUT2D eigenvalue weighted by Crippen LogP contribution is 2.45. The van der Waals surface area contributed by atoms with Gasteiger partial charge in [0.2, 0.25) is 0 Å². The first-order valence-corrected chi connectivity index (χ1v) is 9.59. The molecule has 2 atom stereocenters. The Morgan fingerprint density at radius 1 is 1.13 bits per heavy atom. The summed E-state index contributed by atoms with van der Waals surface area (Å²) in [5, 5.41) is 0. The summed E-state index contributed by atoms with van der Waals surface area (Å²) in [6.07, 6.45) is 6.26. The van der Waals surface area contributed by atoms with Crippen molar-refractivity contribution in [1.29, 1.82) is 0 Å². The third-order valence-corrected chi connectivity index (χ3v) is 5.94. The molecular formula is C20H36N2O. The van der Waals surface area contributed by atoms with Gasteiger partial charge in [-0.15, -0.1) is 0 Å². The summed E-state index contributed by atoms with van der Waals surface area (Å²) in [6, 6.07) is 0. The van der Waals surface area contributed by atoms with Crippen LogP contribution in [0.2, 0.25) is 0 Å². The zero-order valence-corrected chi connectivity index (χ0v) is 15.8. The van der Waals surface area contributed by atoms with Crippen LogP contribution in [-0.4, -0.2) is 61.3 Å². The second-order valence-corrected chi connectivity index (χ2v) is 7.71. The van der Waals surface area contributed by atoms with E-state index in [-0.39, 0.29) is 5.60 Å². The molecule has 0 saturated carbocycles. The van der Waals surface area contributed by atoms with E-state index in [4.69, 9.17) is 4.74 Å². The summed E-state index contributed by atoms with van der Waals surface area (Å²) in [4.78, 5) is 4.95. The molecule has 0 aromatic carbocycles. The van der Waals surface area contributed by atoms with Gasteiger partial charge < -0.3 is 4.74 Å². The molecular weight excluding hydrogens is 284 g/mol. The fourth-order valence-electron chi connectivity index (χ4n) is 4.25. The van der Waals surface area contributed by atoms with E-state index < -0.39 is 0 Å². The van der Waals surface area contributed by atoms with Gasteiger partial charge in [-0.05, 0) is 64.1 Å². The highest BCUT2D eigenvalue weighted by atomic mass is 16.5. The van der Waals surface area contributed by atoms with Gasteiger partial charge >= 0.3 is 0 Å². The van der Waals surface area contributed by atoms with Crippen LogP contribution in [0.3, 0.4) is 0 Å². The lowest BCUT2D eigenvalue weighted by atomic mass is 9.68. The van der Waals surface area contributed by atoms with Gasteiger partial charge in [0.1, 0.15) is 0 Å². The Kier molecular flexibility index (Phi) is 6.95. The Bertz CT molecular complexity index is 419. The number of hydrogen-bond acceptors (Lipinski definition) is 3. The quantitative estimate of drug-likeness (QED) is 0.722. The molecule has 2 aliphatic rings. The molecule has 2 rings (SSSR count). The Morgan fingerprint density at radius 2 is 1.91 bits per heavy atom. The SMILES string of the molecule is CCN(CC)CC#CCN1CCC[C@]2(CCO[C@@](C)(CC)C2)C1. The Labute approximate surface area is 143 Å². The molecule has 23 heavy (non-hydrogen) atoms. The lowest BCUT2D eigenvalue weighted by molar-refractivity contribution is -0.132. The molecule has 3 heteroatoms. The van der Waals surface area contributed by atoms with Crippen LogP contribution in [0.5, 0.6) is 0 Å². The van der Waals surface area contributed by atoms with Gasteiger partial charge in [0.05, 0.1) is 18.7 Å². The highest BCUT2D eigenvalue weighted by Gasteiger charge is 2.44. The van der Waals surface area contributed by atoms with E-state index in [0.717, 1.165) is 39.2 Å². The molecule has 2 aliphatic heterocycles. The topological polar surface area (TPSA) is 15.7 Å². The third kappa shape index (κ3) is 5.21. The molecule has 0 N–H and O–H groups in total. The largest absolute Gasteiger partial charge is 0.375 e. The second kappa shape index (κ2) is 8.51. The normalized spacial score (nSPS) is 32.0. The lowest BCUT2D eigenvalue weighted by Gasteiger charge is -2.50. The molecule has 0 aromatic heterocycles. The molecule has 0 bridgehead atoms. The van der Waals surface area contributed by atoms with E-state index in [9.17, 15) is 0 Å². The average molecular weight is 321 g/mol. The highest BCUT2D eigenvalue weighted by molar-refractivity contribution is 5.05. The minimum absolute atomic E-state index is 0.0929. The Morgan fingerprint density at radius 3 is 2.61 bits per heavy atom. The van der Waals surface area contributed by atoms with Crippen molar-refractivity contribution >= 4 is 0 Å². The van der Waals surface area contributed by atoms with Crippen molar-refractivity contribution in [3.8, 4) is 11.8 Å². The third-order valence-electron chi connectivity index (χ3n) is 5.94. The van der Waals surface area contributed by atoms with Crippen LogP contribution in [0.1, 0.15) is 59.8 Å². The summed E-state index contributed by atoms with van der Waals surface area (Å²) < 4.78 is 6.07. The maximum absolute atomic E-state index is 6.07. The van der Waals surface area contributed by atoms with Crippen molar-refractivity contribution in [2.24, 2.45) is 5.41 Å². The minimum Gasteiger partial charge on any atom is -0.375 e. The van der Waals surface area contributed by atoms with Crippen molar-refractivity contribution in [2.75, 3.05) is 45.9 Å². The van der Waals surface area contributed by atoms with E-state index in [2.05, 4.69) is 49.3 Å². The van der Waals surface area contributed by atoms with E-state index in [1.54, 1.807) is 0 Å². The molecule has 132 valence electrons. The van der Waals surface area contributed by atoms with Crippen LogP contribution in [-0.2, 0) is 4.74 Å². The Balaban J connectivity index is 1.87. The molecule has 0 radical (unpaired) electrons. The van der Waals surface area contributed by atoms with E-state index in [1.165, 1.54) is 38.8 Å². The van der Waals surface area contributed by atoms with Gasteiger partial charge in [-0.25, -0.2) is 0 Å². The number of hydrogen-bond donors (Lipinski definition) is 0. The van der Waals surface area contributed by atoms with E-state index in [0.29, 0.717) is 5.41 Å². The lowest BCUT2D eigenvalue weighted by Crippen LogP contribution is -2.51. The first-order chi connectivity index (χ1) is 11.0. The smallest absolute Gasteiger partial charge is 0.0657 e. The van der Waals surface area contributed by atoms with Gasteiger partial charge in [-0.2, -0.15) is 0 Å². The first kappa shape index (κ1) is 18.8. The number of nitrogens with zero attached hydrogens (tertiary/aromatic N) is 2. The minimum atomic E-state index is 0.0929. The summed E-state index contributed by atoms with van der Waals surface area (Å²) in [7, 11) is 0. The number of rotatable bonds is 5. The molecule has 2 fully saturated rings. The zero-order chi connectivity index (χ0) is 16.8. The summed E-state index contributed by atoms with van der Waals surface area (Å²) in [5.41, 5.74) is 0.567. The van der Waals surface area contributed by atoms with Crippen LogP contribution in [0.25, 0.3) is 0 Å². The average Bonchev–Trinajstić information content (AvgIpc) is 2.55. The predicted octanol–water partition coefficient (Wildman–Crippen LogP) is 3.39. The molecule has 0 aliphatic carbocycles. The van der Waals surface area contributed by atoms with Crippen LogP contribution >= 0.6 is 0 Å². The standard InChI is InChI=1S/C20H36N2O/c1-5-19(4)17-20(12-16-23-19)11-10-15-22(18-20)14-9-8-13-21(6-2)7-3/h5-7,10-18H2,1-4H3/t19-,20+/m0/s1. The maximum atomic E-state index is 6.07. The maximum Gasteiger partial charge on any atom is 0.0657 e. The van der Waals surface area contributed by atoms with Crippen molar-refractivity contribution in [2.45, 2.75) is 65.4 Å². The molecule has 1 spiro atoms. The van der Waals surface area contributed by atoms with Crippen LogP contribution in [0.15, 0.2) is 0 Å². The van der Waals surface area contributed by atoms with Crippen molar-refractivity contribution in [3.63, 3.8) is 0 Å². The molecule has 3 nitrogen and oxygen atoms in total. The summed E-state index contributed by atoms with van der Waals surface area (Å²) in [6.45, 7) is 16.4. The zero-order valence-electron chi connectivity index (χ0n) is 15.8. The first-order valence-electron chi connectivity index (χ1n) is 9.59. The van der Waals surface area contributed by atoms with Gasteiger partial charge in [-0.1, -0.05) is 32.6 Å². The van der Waals surface area contributed by atoms with E-state index >= 15 is 0 Å². The van der Waals surface area contributed by atoms with Crippen LogP contribution < -0.4 is 0 Å². The summed E-state index contributed by atoms with van der Waals surface area (Å²) >= 11 is 0. The molecule has 0 unspecified atom stereocenters. The molecule has 0 aromatic rings. The number of piperidine rings is 1. The second-order valence-electron chi connectivity index (χ2n) is 7.71. The van der Waals surface area contributed by atoms with Crippen molar-refractivity contribution in [1.82, 2.24) is 9.80 Å². The van der Waals surface area contributed by atoms with E-state index in [1.807, 2.05) is 0 Å². The number of likely N-dealkylation sites (tertiary alicyclic amines) is 1. The fraction of sp³-hybridized carbons (Fsp3) is 0.900. The summed E-state index contributed by atoms with van der Waals surface area (Å²) in [5.74, 6) is 6.78. The molecule has 0 amide bonds. The monoisotopic (exact) mass is 320 g/mol. The molecule has 2 heterocycles. The fourth-order valence-corrected chi connectivity index (χ4v) is 4.25. The van der Waals surface area contributed by atoms with Gasteiger partial charge in [-0.3, -0.25) is 9.80 Å². The molecule has 2 saturated heterocycles. The number of ether oxygens (including phenoxy) is 1. The van der Waals surface area contributed by atoms with Crippen LogP contribution in [0, 0.1) is 17.3 Å². The Hall–Kier alpha value is -0.560. The van der Waals surface area contributed by atoms with Gasteiger partial charge in [0, 0.05) is 13.2 Å².